The summed E-state index contributed by atoms with van der Waals surface area (Å²) in [5, 5.41) is 0. The number of halogens is 6. The molecule has 1 heterocycles. The minimum absolute atomic E-state index is 0.127. The molecule has 1 N–H and O–H groups in total. The van der Waals surface area contributed by atoms with E-state index in [2.05, 4.69) is 0 Å². The molecule has 1 aromatic heterocycles. The van der Waals surface area contributed by atoms with Crippen LogP contribution in [0.25, 0.3) is 0 Å². The molecule has 0 saturated heterocycles. The molecule has 2 aromatic rings. The predicted octanol–water partition coefficient (Wildman–Crippen LogP) is 4.53. The number of hydrogen-bond donors (Lipinski definition) is 1. The van der Waals surface area contributed by atoms with Crippen molar-refractivity contribution in [1.29, 1.82) is 0 Å². The van der Waals surface area contributed by atoms with Crippen LogP contribution in [0.3, 0.4) is 0 Å². The van der Waals surface area contributed by atoms with E-state index in [-0.39, 0.29) is 30.5 Å². The van der Waals surface area contributed by atoms with Gasteiger partial charge in [0.15, 0.2) is 0 Å². The maximum absolute atomic E-state index is 12.8. The molecular weight excluding hydrogens is 420 g/mol. The van der Waals surface area contributed by atoms with Crippen LogP contribution in [0.15, 0.2) is 45.9 Å². The average Bonchev–Trinajstić information content (AvgIpc) is 3.06. The number of sulfonamides is 1. The average molecular weight is 433 g/mol. The molecule has 0 aliphatic carbocycles. The molecule has 0 saturated carbocycles. The Morgan fingerprint density at radius 1 is 1.00 bits per heavy atom. The van der Waals surface area contributed by atoms with E-state index in [1.165, 1.54) is 18.0 Å². The van der Waals surface area contributed by atoms with Gasteiger partial charge in [0.2, 0.25) is 10.0 Å². The van der Waals surface area contributed by atoms with Crippen LogP contribution < -0.4 is 4.72 Å². The lowest BCUT2D eigenvalue weighted by Crippen LogP contribution is -2.27. The fourth-order valence-electron chi connectivity index (χ4n) is 1.98. The Bertz CT molecular complexity index is 828. The summed E-state index contributed by atoms with van der Waals surface area (Å²) in [6.07, 6.45) is -8.78. The van der Waals surface area contributed by atoms with Crippen LogP contribution >= 0.6 is 11.8 Å². The van der Waals surface area contributed by atoms with E-state index in [1.807, 2.05) is 4.72 Å². The highest BCUT2D eigenvalue weighted by Crippen LogP contribution is 2.37. The molecule has 0 fully saturated rings. The van der Waals surface area contributed by atoms with Gasteiger partial charge in [0, 0.05) is 12.3 Å². The normalized spacial score (nSPS) is 13.1. The van der Waals surface area contributed by atoms with Gasteiger partial charge >= 0.3 is 12.4 Å². The first-order valence-corrected chi connectivity index (χ1v) is 9.93. The van der Waals surface area contributed by atoms with Gasteiger partial charge in [0.05, 0.1) is 28.0 Å². The van der Waals surface area contributed by atoms with Crippen molar-refractivity contribution in [3.8, 4) is 0 Å². The van der Waals surface area contributed by atoms with Crippen LogP contribution in [-0.2, 0) is 28.1 Å². The zero-order valence-electron chi connectivity index (χ0n) is 13.4. The molecule has 0 aliphatic heterocycles. The number of hydrogen-bond acceptors (Lipinski definition) is 4. The van der Waals surface area contributed by atoms with Gasteiger partial charge in [-0.1, -0.05) is 0 Å². The first-order chi connectivity index (χ1) is 12.4. The number of rotatable bonds is 7. The second-order valence-electron chi connectivity index (χ2n) is 5.27. The Kier molecular flexibility index (Phi) is 6.53. The van der Waals surface area contributed by atoms with E-state index in [9.17, 15) is 34.8 Å². The van der Waals surface area contributed by atoms with Gasteiger partial charge in [-0.2, -0.15) is 38.1 Å². The van der Waals surface area contributed by atoms with Crippen molar-refractivity contribution in [2.75, 3.05) is 12.3 Å². The molecule has 0 atom stereocenters. The number of alkyl halides is 6. The number of thioether (sulfide) groups is 1. The van der Waals surface area contributed by atoms with Crippen molar-refractivity contribution in [1.82, 2.24) is 4.72 Å². The third-order valence-corrected chi connectivity index (χ3v) is 5.66. The Balaban J connectivity index is 2.11. The fraction of sp³-hybridized carbons (Fsp3) is 0.333. The van der Waals surface area contributed by atoms with Gasteiger partial charge < -0.3 is 4.42 Å². The zero-order valence-corrected chi connectivity index (χ0v) is 15.0. The van der Waals surface area contributed by atoms with E-state index in [0.29, 0.717) is 11.5 Å². The molecule has 0 radical (unpaired) electrons. The van der Waals surface area contributed by atoms with Crippen LogP contribution in [0.5, 0.6) is 0 Å². The van der Waals surface area contributed by atoms with Crippen LogP contribution in [0.2, 0.25) is 0 Å². The molecule has 2 rings (SSSR count). The van der Waals surface area contributed by atoms with Crippen LogP contribution in [-0.4, -0.2) is 20.7 Å². The molecule has 0 aliphatic rings. The minimum atomic E-state index is -5.12. The van der Waals surface area contributed by atoms with E-state index in [4.69, 9.17) is 4.42 Å². The molecule has 0 spiro atoms. The summed E-state index contributed by atoms with van der Waals surface area (Å²) in [4.78, 5) is -1.10. The SMILES string of the molecule is O=S(=O)(NCCSCc1ccco1)c1cc(C(F)(F)F)cc(C(F)(F)F)c1. The quantitative estimate of drug-likeness (QED) is 0.515. The lowest BCUT2D eigenvalue weighted by molar-refractivity contribution is -0.143. The Labute approximate surface area is 155 Å². The van der Waals surface area contributed by atoms with Gasteiger partial charge in [0.1, 0.15) is 5.76 Å². The van der Waals surface area contributed by atoms with E-state index in [0.717, 1.165) is 0 Å². The monoisotopic (exact) mass is 433 g/mol. The molecule has 0 bridgehead atoms. The molecule has 150 valence electrons. The van der Waals surface area contributed by atoms with Gasteiger partial charge in [-0.15, -0.1) is 0 Å². The summed E-state index contributed by atoms with van der Waals surface area (Å²) in [5.74, 6) is 1.33. The van der Waals surface area contributed by atoms with Crippen LogP contribution in [0.4, 0.5) is 26.3 Å². The third-order valence-electron chi connectivity index (χ3n) is 3.23. The first-order valence-electron chi connectivity index (χ1n) is 7.29. The number of benzene rings is 1. The van der Waals surface area contributed by atoms with Crippen LogP contribution in [0.1, 0.15) is 16.9 Å². The standard InChI is InChI=1S/C15H13F6NO3S2/c16-14(17,18)10-6-11(15(19,20)21)8-13(7-10)27(23,24)22-3-5-26-9-12-2-1-4-25-12/h1-2,4,6-8,22H,3,5,9H2. The lowest BCUT2D eigenvalue weighted by Gasteiger charge is -2.14. The van der Waals surface area contributed by atoms with Gasteiger partial charge in [-0.25, -0.2) is 13.1 Å². The smallest absolute Gasteiger partial charge is 0.416 e. The summed E-state index contributed by atoms with van der Waals surface area (Å²) in [7, 11) is -4.55. The van der Waals surface area contributed by atoms with E-state index < -0.39 is 38.4 Å². The fourth-order valence-corrected chi connectivity index (χ4v) is 3.97. The molecule has 1 aromatic carbocycles. The van der Waals surface area contributed by atoms with Crippen molar-refractivity contribution in [3.05, 3.63) is 53.5 Å². The zero-order chi connectivity index (χ0) is 20.3. The highest BCUT2D eigenvalue weighted by molar-refractivity contribution is 7.98. The highest BCUT2D eigenvalue weighted by atomic mass is 32.2. The summed E-state index contributed by atoms with van der Waals surface area (Å²) in [6.45, 7) is -0.175. The molecule has 0 unspecified atom stereocenters. The topological polar surface area (TPSA) is 59.3 Å². The minimum Gasteiger partial charge on any atom is -0.468 e. The van der Waals surface area contributed by atoms with Gasteiger partial charge in [-0.05, 0) is 30.3 Å². The van der Waals surface area contributed by atoms with Gasteiger partial charge in [0.25, 0.3) is 0 Å². The Morgan fingerprint density at radius 2 is 1.59 bits per heavy atom. The Hall–Kier alpha value is -1.66. The molecule has 12 heteroatoms. The first kappa shape index (κ1) is 21.6. The van der Waals surface area contributed by atoms with Gasteiger partial charge in [-0.3, -0.25) is 0 Å². The number of furan rings is 1. The van der Waals surface area contributed by atoms with E-state index in [1.54, 1.807) is 12.1 Å². The van der Waals surface area contributed by atoms with Crippen LogP contribution in [0, 0.1) is 0 Å². The predicted molar refractivity (Wildman–Crippen MR) is 86.5 cm³/mol. The lowest BCUT2D eigenvalue weighted by atomic mass is 10.1. The summed E-state index contributed by atoms with van der Waals surface area (Å²) >= 11 is 1.28. The third kappa shape index (κ3) is 6.18. The second kappa shape index (κ2) is 8.15. The number of nitrogens with one attached hydrogen (secondary N) is 1. The van der Waals surface area contributed by atoms with Crippen molar-refractivity contribution in [3.63, 3.8) is 0 Å². The van der Waals surface area contributed by atoms with Crippen molar-refractivity contribution < 1.29 is 39.2 Å². The van der Waals surface area contributed by atoms with E-state index >= 15 is 0 Å². The maximum atomic E-state index is 12.8. The summed E-state index contributed by atoms with van der Waals surface area (Å²) in [6, 6.07) is 3.60. The molecular formula is C15H13F6NO3S2. The van der Waals surface area contributed by atoms with Crippen molar-refractivity contribution in [2.24, 2.45) is 0 Å². The molecule has 27 heavy (non-hydrogen) atoms. The van der Waals surface area contributed by atoms with Crippen molar-refractivity contribution >= 4 is 21.8 Å². The van der Waals surface area contributed by atoms with Crippen molar-refractivity contribution in [2.45, 2.75) is 23.0 Å². The highest BCUT2D eigenvalue weighted by Gasteiger charge is 2.38. The summed E-state index contributed by atoms with van der Waals surface area (Å²) < 4.78 is 108. The Morgan fingerprint density at radius 3 is 2.07 bits per heavy atom. The molecule has 0 amide bonds. The molecule has 4 nitrogen and oxygen atoms in total. The second-order valence-corrected chi connectivity index (χ2v) is 8.14. The largest absolute Gasteiger partial charge is 0.468 e. The summed E-state index contributed by atoms with van der Waals surface area (Å²) in [5.41, 5.74) is -3.38. The maximum Gasteiger partial charge on any atom is 0.416 e.